The first-order valence-corrected chi connectivity index (χ1v) is 10.3. The zero-order chi connectivity index (χ0) is 20.3. The Balaban J connectivity index is 1.68. The molecule has 1 aromatic heterocycles. The highest BCUT2D eigenvalue weighted by Gasteiger charge is 2.23. The van der Waals surface area contributed by atoms with Gasteiger partial charge in [0.2, 0.25) is 0 Å². The summed E-state index contributed by atoms with van der Waals surface area (Å²) in [6.45, 7) is 9.57. The number of aliphatic hydroxyl groups excluding tert-OH is 1. The van der Waals surface area contributed by atoms with Crippen molar-refractivity contribution in [1.82, 2.24) is 4.57 Å². The second-order valence-electron chi connectivity index (χ2n) is 8.02. The second-order valence-corrected chi connectivity index (χ2v) is 8.02. The van der Waals surface area contributed by atoms with Crippen molar-refractivity contribution in [3.8, 4) is 5.75 Å². The summed E-state index contributed by atoms with van der Waals surface area (Å²) in [5.74, 6) is 1.14. The standard InChI is InChI=1S/C22H32N2O4/c1-5-27-22(26)21-16(3)23(4)20-7-6-18(12-19(20)21)28-14-17(25)13-24-10-8-15(2)9-11-24/h6-7,12,15,17,25H,5,8-11,13-14H2,1-4H3/p+1/t17-/m0/s1. The molecule has 0 radical (unpaired) electrons. The van der Waals surface area contributed by atoms with Crippen molar-refractivity contribution in [2.24, 2.45) is 13.0 Å². The van der Waals surface area contributed by atoms with Gasteiger partial charge in [-0.05, 0) is 50.8 Å². The van der Waals surface area contributed by atoms with Gasteiger partial charge in [0.25, 0.3) is 0 Å². The van der Waals surface area contributed by atoms with Crippen LogP contribution in [0, 0.1) is 12.8 Å². The second kappa shape index (κ2) is 8.97. The number of hydrogen-bond acceptors (Lipinski definition) is 4. The summed E-state index contributed by atoms with van der Waals surface area (Å²) < 4.78 is 13.1. The molecule has 1 aliphatic rings. The number of carbonyl (C=O) groups is 1. The van der Waals surface area contributed by atoms with E-state index in [2.05, 4.69) is 6.92 Å². The lowest BCUT2D eigenvalue weighted by atomic mass is 9.99. The van der Waals surface area contributed by atoms with E-state index < -0.39 is 6.10 Å². The number of quaternary nitrogens is 1. The minimum Gasteiger partial charge on any atom is -0.491 e. The molecule has 2 aromatic rings. The third-order valence-corrected chi connectivity index (χ3v) is 5.89. The average molecular weight is 390 g/mol. The summed E-state index contributed by atoms with van der Waals surface area (Å²) >= 11 is 0. The lowest BCUT2D eigenvalue weighted by Gasteiger charge is -2.28. The maximum atomic E-state index is 12.4. The van der Waals surface area contributed by atoms with Gasteiger partial charge in [-0.15, -0.1) is 0 Å². The van der Waals surface area contributed by atoms with Crippen molar-refractivity contribution in [3.05, 3.63) is 29.5 Å². The molecule has 6 nitrogen and oxygen atoms in total. The molecule has 1 aliphatic heterocycles. The molecule has 1 aromatic carbocycles. The van der Waals surface area contributed by atoms with E-state index in [4.69, 9.17) is 9.47 Å². The van der Waals surface area contributed by atoms with E-state index in [9.17, 15) is 9.90 Å². The number of aromatic nitrogens is 1. The van der Waals surface area contributed by atoms with Crippen molar-refractivity contribution in [2.45, 2.75) is 39.7 Å². The number of nitrogens with one attached hydrogen (secondary N) is 1. The molecule has 0 unspecified atom stereocenters. The van der Waals surface area contributed by atoms with E-state index in [1.807, 2.05) is 36.7 Å². The minimum absolute atomic E-state index is 0.255. The zero-order valence-corrected chi connectivity index (χ0v) is 17.5. The lowest BCUT2D eigenvalue weighted by molar-refractivity contribution is -0.909. The fourth-order valence-corrected chi connectivity index (χ4v) is 4.06. The molecule has 0 spiro atoms. The Kier molecular flexibility index (Phi) is 6.62. The molecule has 154 valence electrons. The minimum atomic E-state index is -0.499. The van der Waals surface area contributed by atoms with Gasteiger partial charge >= 0.3 is 5.97 Å². The van der Waals surface area contributed by atoms with Crippen LogP contribution < -0.4 is 9.64 Å². The van der Waals surface area contributed by atoms with Crippen LogP contribution in [-0.2, 0) is 11.8 Å². The van der Waals surface area contributed by atoms with E-state index in [0.717, 1.165) is 35.6 Å². The SMILES string of the molecule is CCOC(=O)c1c(C)n(C)c2ccc(OC[C@@H](O)C[NH+]3CCC(C)CC3)cc12. The number of aryl methyl sites for hydroxylation is 1. The molecule has 2 N–H and O–H groups in total. The number of fused-ring (bicyclic) bond motifs is 1. The molecule has 2 heterocycles. The molecular formula is C22H33N2O4+. The number of carbonyl (C=O) groups excluding carboxylic acids is 1. The molecule has 1 saturated heterocycles. The zero-order valence-electron chi connectivity index (χ0n) is 17.5. The first kappa shape index (κ1) is 20.7. The van der Waals surface area contributed by atoms with Gasteiger partial charge in [0.05, 0.1) is 25.3 Å². The summed E-state index contributed by atoms with van der Waals surface area (Å²) in [5.41, 5.74) is 2.41. The van der Waals surface area contributed by atoms with Crippen molar-refractivity contribution >= 4 is 16.9 Å². The van der Waals surface area contributed by atoms with Gasteiger partial charge in [-0.1, -0.05) is 6.92 Å². The van der Waals surface area contributed by atoms with Crippen LogP contribution in [0.2, 0.25) is 0 Å². The Bertz CT molecular complexity index is 822. The predicted molar refractivity (Wildman–Crippen MR) is 109 cm³/mol. The van der Waals surface area contributed by atoms with Gasteiger partial charge < -0.3 is 24.0 Å². The van der Waals surface area contributed by atoms with Crippen LogP contribution in [0.4, 0.5) is 0 Å². The number of hydrogen-bond donors (Lipinski definition) is 2. The van der Waals surface area contributed by atoms with Gasteiger partial charge in [-0.2, -0.15) is 0 Å². The van der Waals surface area contributed by atoms with Crippen LogP contribution in [0.3, 0.4) is 0 Å². The number of nitrogens with zero attached hydrogens (tertiary/aromatic N) is 1. The van der Waals surface area contributed by atoms with Crippen molar-refractivity contribution in [3.63, 3.8) is 0 Å². The third-order valence-electron chi connectivity index (χ3n) is 5.89. The molecule has 0 amide bonds. The van der Waals surface area contributed by atoms with Crippen LogP contribution in [0.15, 0.2) is 18.2 Å². The Morgan fingerprint density at radius 3 is 2.75 bits per heavy atom. The maximum absolute atomic E-state index is 12.4. The fraction of sp³-hybridized carbons (Fsp3) is 0.591. The predicted octanol–water partition coefficient (Wildman–Crippen LogP) is 1.72. The van der Waals surface area contributed by atoms with Crippen LogP contribution in [-0.4, -0.2) is 54.6 Å². The van der Waals surface area contributed by atoms with E-state index in [0.29, 0.717) is 24.5 Å². The van der Waals surface area contributed by atoms with Gasteiger partial charge in [-0.3, -0.25) is 0 Å². The molecule has 0 saturated carbocycles. The normalized spacial score (nSPS) is 20.9. The molecule has 1 fully saturated rings. The van der Waals surface area contributed by atoms with Gasteiger partial charge in [0.1, 0.15) is 25.0 Å². The first-order valence-electron chi connectivity index (χ1n) is 10.3. The number of piperidine rings is 1. The average Bonchev–Trinajstić information content (AvgIpc) is 2.92. The van der Waals surface area contributed by atoms with Gasteiger partial charge in [-0.25, -0.2) is 4.79 Å². The number of aliphatic hydroxyl groups is 1. The fourth-order valence-electron chi connectivity index (χ4n) is 4.06. The molecule has 1 atom stereocenters. The van der Waals surface area contributed by atoms with Crippen molar-refractivity contribution in [1.29, 1.82) is 0 Å². The molecule has 28 heavy (non-hydrogen) atoms. The monoisotopic (exact) mass is 389 g/mol. The van der Waals surface area contributed by atoms with Crippen LogP contribution in [0.1, 0.15) is 42.7 Å². The number of esters is 1. The van der Waals surface area contributed by atoms with E-state index in [-0.39, 0.29) is 12.6 Å². The highest BCUT2D eigenvalue weighted by molar-refractivity contribution is 6.06. The highest BCUT2D eigenvalue weighted by atomic mass is 16.5. The Morgan fingerprint density at radius 2 is 2.07 bits per heavy atom. The number of rotatable bonds is 7. The summed E-state index contributed by atoms with van der Waals surface area (Å²) in [6.07, 6.45) is 1.95. The number of ether oxygens (including phenoxy) is 2. The van der Waals surface area contributed by atoms with Gasteiger partial charge in [0.15, 0.2) is 0 Å². The molecule has 6 heteroatoms. The first-order chi connectivity index (χ1) is 13.4. The van der Waals surface area contributed by atoms with Crippen LogP contribution in [0.25, 0.3) is 10.9 Å². The summed E-state index contributed by atoms with van der Waals surface area (Å²) in [7, 11) is 1.94. The maximum Gasteiger partial charge on any atom is 0.340 e. The lowest BCUT2D eigenvalue weighted by Crippen LogP contribution is -3.14. The van der Waals surface area contributed by atoms with Crippen molar-refractivity contribution < 1.29 is 24.3 Å². The molecule has 3 rings (SSSR count). The van der Waals surface area contributed by atoms with E-state index in [1.165, 1.54) is 17.7 Å². The topological polar surface area (TPSA) is 65.1 Å². The molecule has 0 aliphatic carbocycles. The Hall–Kier alpha value is -2.05. The van der Waals surface area contributed by atoms with E-state index >= 15 is 0 Å². The smallest absolute Gasteiger partial charge is 0.340 e. The quantitative estimate of drug-likeness (QED) is 0.708. The Morgan fingerprint density at radius 1 is 1.36 bits per heavy atom. The van der Waals surface area contributed by atoms with Crippen LogP contribution in [0.5, 0.6) is 5.75 Å². The van der Waals surface area contributed by atoms with Crippen molar-refractivity contribution in [2.75, 3.05) is 32.8 Å². The summed E-state index contributed by atoms with van der Waals surface area (Å²) in [4.78, 5) is 13.8. The summed E-state index contributed by atoms with van der Waals surface area (Å²) in [5, 5.41) is 11.2. The Labute approximate surface area is 167 Å². The van der Waals surface area contributed by atoms with Gasteiger partial charge in [0, 0.05) is 23.6 Å². The molecular weight excluding hydrogens is 356 g/mol. The van der Waals surface area contributed by atoms with Crippen LogP contribution >= 0.6 is 0 Å². The van der Waals surface area contributed by atoms with E-state index in [1.54, 1.807) is 6.92 Å². The largest absolute Gasteiger partial charge is 0.491 e. The highest BCUT2D eigenvalue weighted by Crippen LogP contribution is 2.29. The summed E-state index contributed by atoms with van der Waals surface area (Å²) in [6, 6.07) is 5.71. The third kappa shape index (κ3) is 4.50. The molecule has 0 bridgehead atoms. The number of likely N-dealkylation sites (tertiary alicyclic amines) is 1. The number of benzene rings is 1.